The molecule has 3 aromatic carbocycles. The summed E-state index contributed by atoms with van der Waals surface area (Å²) < 4.78 is 18.0. The van der Waals surface area contributed by atoms with E-state index in [0.29, 0.717) is 51.9 Å². The number of amides is 2. The van der Waals surface area contributed by atoms with E-state index in [9.17, 15) is 29.2 Å². The summed E-state index contributed by atoms with van der Waals surface area (Å²) in [6.07, 6.45) is 3.01. The molecule has 0 saturated carbocycles. The number of Topliss-reactive ketones (excluding diaryl/α,β-unsaturated/α-hetero) is 3. The Labute approximate surface area is 386 Å². The van der Waals surface area contributed by atoms with E-state index in [1.807, 2.05) is 36.4 Å². The van der Waals surface area contributed by atoms with Crippen molar-refractivity contribution >= 4 is 29.2 Å². The van der Waals surface area contributed by atoms with Gasteiger partial charge in [0.2, 0.25) is 11.8 Å². The maximum atomic E-state index is 14.7. The number of aromatic nitrogens is 2. The Balaban J connectivity index is 1.53. The Bertz CT molecular complexity index is 2380. The second-order valence-electron chi connectivity index (χ2n) is 16.5. The first kappa shape index (κ1) is 50.5. The van der Waals surface area contributed by atoms with Gasteiger partial charge in [-0.2, -0.15) is 5.26 Å². The van der Waals surface area contributed by atoms with E-state index in [2.05, 4.69) is 22.2 Å². The maximum absolute atomic E-state index is 14.7. The number of carbonyl (C=O) groups is 5. The quantitative estimate of drug-likeness (QED) is 0.0618. The molecule has 1 aliphatic rings. The molecule has 1 aromatic heterocycles. The Morgan fingerprint density at radius 1 is 0.909 bits per heavy atom. The van der Waals surface area contributed by atoms with Crippen molar-refractivity contribution in [2.45, 2.75) is 84.2 Å². The number of aryl methyl sites for hydroxylation is 1. The molecule has 0 saturated heterocycles. The number of likely N-dealkylation sites (N-methyl/N-ethyl adjacent to an activating group) is 1. The van der Waals surface area contributed by atoms with Crippen molar-refractivity contribution in [1.82, 2.24) is 20.2 Å². The van der Waals surface area contributed by atoms with Crippen molar-refractivity contribution < 1.29 is 38.2 Å². The summed E-state index contributed by atoms with van der Waals surface area (Å²) in [6.45, 7) is 6.85. The Hall–Kier alpha value is -6.54. The lowest BCUT2D eigenvalue weighted by Crippen LogP contribution is -2.46. The molecule has 5 rings (SSSR count). The number of nitrogens with two attached hydrogens (primary N) is 3. The lowest BCUT2D eigenvalue weighted by molar-refractivity contribution is -0.142. The van der Waals surface area contributed by atoms with Gasteiger partial charge in [0.15, 0.2) is 23.2 Å². The molecule has 0 unspecified atom stereocenters. The summed E-state index contributed by atoms with van der Waals surface area (Å²) in [5.41, 5.74) is 21.3. The van der Waals surface area contributed by atoms with E-state index in [1.54, 1.807) is 44.2 Å². The molecule has 0 aliphatic carbocycles. The fourth-order valence-electron chi connectivity index (χ4n) is 7.89. The van der Waals surface area contributed by atoms with Crippen molar-refractivity contribution in [3.63, 3.8) is 0 Å². The SMILES string of the molecule is CCCCOc1ccc(-c2ncc(C(=O)C[C@@H](CCN)C(=O)N(C)[C@@H]3C(=O)C[C@@H](C)C(=O)N[C@H](C(=O)CCC#N)Cc4ccc(OCCN)c(c4)-c4cc3ccc4OCCN)c(C)n2)cc1. The Kier molecular flexibility index (Phi) is 18.9. The average Bonchev–Trinajstić information content (AvgIpc) is 3.31. The van der Waals surface area contributed by atoms with Crippen LogP contribution < -0.4 is 36.7 Å². The number of carbonyl (C=O) groups excluding carboxylic acids is 5. The van der Waals surface area contributed by atoms with Gasteiger partial charge in [0.05, 0.1) is 30.0 Å². The zero-order chi connectivity index (χ0) is 47.8. The number of nitrogens with zero attached hydrogens (tertiary/aromatic N) is 4. The highest BCUT2D eigenvalue weighted by Gasteiger charge is 2.36. The lowest BCUT2D eigenvalue weighted by atomic mass is 9.88. The standard InChI is InChI=1S/C50H62N8O8/c1-5-6-22-64-37-13-10-34(11-14-37)48-55-30-40(32(3)56-48)43(60)29-36(17-19-52)50(63)58(4)47-35-12-16-46(66-24-21-54)39(28-35)38-26-33(9-15-45(38)65-23-20-53)27-41(42(59)8-7-18-51)57-49(62)31(2)25-44(47)61/h9-16,26,28,30-31,36,41,47H,5-8,17,19-25,27,29,52-54H2,1-4H3,(H,57,62)/t31-,36-,41+,47+/m1/s1. The normalized spacial score (nSPS) is 16.5. The highest BCUT2D eigenvalue weighted by atomic mass is 16.5. The van der Waals surface area contributed by atoms with E-state index >= 15 is 0 Å². The molecule has 0 radical (unpaired) electrons. The van der Waals surface area contributed by atoms with Gasteiger partial charge in [0.25, 0.3) is 0 Å². The highest BCUT2D eigenvalue weighted by molar-refractivity contribution is 6.00. The van der Waals surface area contributed by atoms with Crippen LogP contribution in [-0.2, 0) is 25.6 Å². The van der Waals surface area contributed by atoms with E-state index in [1.165, 1.54) is 18.1 Å². The fraction of sp³-hybridized carbons (Fsp3) is 0.440. The minimum atomic E-state index is -1.24. The molecule has 16 heteroatoms. The van der Waals surface area contributed by atoms with Crippen molar-refractivity contribution in [2.24, 2.45) is 29.0 Å². The number of unbranched alkanes of at least 4 members (excludes halogenated alkanes) is 1. The molecule has 66 heavy (non-hydrogen) atoms. The van der Waals surface area contributed by atoms with Crippen LogP contribution in [0, 0.1) is 30.1 Å². The second-order valence-corrected chi connectivity index (χ2v) is 16.5. The number of fused-ring (bicyclic) bond motifs is 5. The van der Waals surface area contributed by atoms with Gasteiger partial charge in [0, 0.05) is 80.5 Å². The molecular weight excluding hydrogens is 841 g/mol. The van der Waals surface area contributed by atoms with Crippen molar-refractivity contribution in [3.05, 3.63) is 89.2 Å². The van der Waals surface area contributed by atoms with Gasteiger partial charge in [0.1, 0.15) is 36.5 Å². The molecule has 1 aliphatic heterocycles. The van der Waals surface area contributed by atoms with Crippen LogP contribution in [0.4, 0.5) is 0 Å². The van der Waals surface area contributed by atoms with Gasteiger partial charge in [-0.05, 0) is 92.4 Å². The van der Waals surface area contributed by atoms with Crippen LogP contribution in [0.25, 0.3) is 22.5 Å². The second kappa shape index (κ2) is 24.7. The zero-order valence-corrected chi connectivity index (χ0v) is 38.3. The molecule has 350 valence electrons. The summed E-state index contributed by atoms with van der Waals surface area (Å²) in [5.74, 6) is -2.07. The minimum Gasteiger partial charge on any atom is -0.494 e. The third-order valence-electron chi connectivity index (χ3n) is 11.5. The van der Waals surface area contributed by atoms with Gasteiger partial charge < -0.3 is 41.6 Å². The Morgan fingerprint density at radius 2 is 1.59 bits per heavy atom. The van der Waals surface area contributed by atoms with Crippen LogP contribution in [0.1, 0.15) is 92.0 Å². The van der Waals surface area contributed by atoms with Gasteiger partial charge in [-0.1, -0.05) is 32.4 Å². The van der Waals surface area contributed by atoms with Crippen LogP contribution in [0.3, 0.4) is 0 Å². The van der Waals surface area contributed by atoms with Gasteiger partial charge >= 0.3 is 0 Å². The first-order valence-electron chi connectivity index (χ1n) is 22.6. The summed E-state index contributed by atoms with van der Waals surface area (Å²) >= 11 is 0. The summed E-state index contributed by atoms with van der Waals surface area (Å²) in [5, 5.41) is 12.1. The van der Waals surface area contributed by atoms with Gasteiger partial charge in [-0.15, -0.1) is 0 Å². The third kappa shape index (κ3) is 13.1. The molecule has 4 atom stereocenters. The molecule has 4 aromatic rings. The topological polar surface area (TPSA) is 256 Å². The van der Waals surface area contributed by atoms with E-state index < -0.39 is 41.5 Å². The predicted molar refractivity (Wildman–Crippen MR) is 249 cm³/mol. The van der Waals surface area contributed by atoms with Crippen LogP contribution in [0.15, 0.2) is 66.9 Å². The van der Waals surface area contributed by atoms with Gasteiger partial charge in [-0.3, -0.25) is 24.0 Å². The smallest absolute Gasteiger partial charge is 0.226 e. The molecule has 16 nitrogen and oxygen atoms in total. The van der Waals surface area contributed by atoms with Crippen LogP contribution in [-0.4, -0.2) is 96.6 Å². The monoisotopic (exact) mass is 902 g/mol. The number of ether oxygens (including phenoxy) is 3. The molecule has 2 heterocycles. The molecule has 4 bridgehead atoms. The number of ketones is 3. The first-order chi connectivity index (χ1) is 31.8. The van der Waals surface area contributed by atoms with Crippen molar-refractivity contribution in [3.8, 4) is 45.8 Å². The summed E-state index contributed by atoms with van der Waals surface area (Å²) in [7, 11) is 1.49. The van der Waals surface area contributed by atoms with Gasteiger partial charge in [-0.25, -0.2) is 9.97 Å². The van der Waals surface area contributed by atoms with E-state index in [0.717, 1.165) is 24.2 Å². The molecule has 0 fully saturated rings. The number of nitriles is 1. The molecule has 2 amide bonds. The Morgan fingerprint density at radius 3 is 2.23 bits per heavy atom. The fourth-order valence-corrected chi connectivity index (χ4v) is 7.89. The predicted octanol–water partition coefficient (Wildman–Crippen LogP) is 5.22. The van der Waals surface area contributed by atoms with E-state index in [4.69, 9.17) is 31.4 Å². The average molecular weight is 903 g/mol. The van der Waals surface area contributed by atoms with E-state index in [-0.39, 0.29) is 88.5 Å². The van der Waals surface area contributed by atoms with Crippen molar-refractivity contribution in [2.75, 3.05) is 46.5 Å². The van der Waals surface area contributed by atoms with Crippen LogP contribution in [0.5, 0.6) is 17.2 Å². The maximum Gasteiger partial charge on any atom is 0.226 e. The first-order valence-corrected chi connectivity index (χ1v) is 22.6. The number of hydrogen-bond donors (Lipinski definition) is 4. The highest BCUT2D eigenvalue weighted by Crippen LogP contribution is 2.41. The number of nitrogens with one attached hydrogen (secondary N) is 1. The van der Waals surface area contributed by atoms with Crippen LogP contribution >= 0.6 is 0 Å². The largest absolute Gasteiger partial charge is 0.494 e. The summed E-state index contributed by atoms with van der Waals surface area (Å²) in [4.78, 5) is 81.2. The summed E-state index contributed by atoms with van der Waals surface area (Å²) in [6, 6.07) is 17.6. The zero-order valence-electron chi connectivity index (χ0n) is 38.3. The molecule has 7 N–H and O–H groups in total. The van der Waals surface area contributed by atoms with Crippen LogP contribution in [0.2, 0.25) is 0 Å². The molecule has 0 spiro atoms. The lowest BCUT2D eigenvalue weighted by Gasteiger charge is -2.32. The number of benzene rings is 3. The molecular formula is C50H62N8O8. The third-order valence-corrected chi connectivity index (χ3v) is 11.5. The number of hydrogen-bond acceptors (Lipinski definition) is 14. The van der Waals surface area contributed by atoms with Crippen molar-refractivity contribution in [1.29, 1.82) is 5.26 Å². The minimum absolute atomic E-state index is 0.0335. The number of rotatable bonds is 21.